The van der Waals surface area contributed by atoms with Crippen molar-refractivity contribution >= 4 is 17.3 Å². The molecule has 0 aliphatic carbocycles. The van der Waals surface area contributed by atoms with Crippen LogP contribution >= 0.6 is 0 Å². The zero-order valence-corrected chi connectivity index (χ0v) is 12.2. The van der Waals surface area contributed by atoms with Gasteiger partial charge >= 0.3 is 0 Å². The Bertz CT molecular complexity index is 704. The van der Waals surface area contributed by atoms with E-state index in [1.807, 2.05) is 0 Å². The maximum atomic E-state index is 12.5. The molecular formula is C18H16O4. The van der Waals surface area contributed by atoms with Gasteiger partial charge in [0, 0.05) is 6.42 Å². The van der Waals surface area contributed by atoms with Crippen LogP contribution in [0.25, 0.3) is 0 Å². The summed E-state index contributed by atoms with van der Waals surface area (Å²) in [4.78, 5) is 36.3. The zero-order valence-electron chi connectivity index (χ0n) is 12.2. The van der Waals surface area contributed by atoms with Crippen LogP contribution in [-0.4, -0.2) is 22.5 Å². The second kappa shape index (κ2) is 6.80. The Kier molecular flexibility index (Phi) is 4.84. The van der Waals surface area contributed by atoms with Crippen LogP contribution < -0.4 is 0 Å². The Morgan fingerprint density at radius 1 is 0.955 bits per heavy atom. The number of phenols is 1. The van der Waals surface area contributed by atoms with Gasteiger partial charge in [-0.1, -0.05) is 42.5 Å². The molecule has 0 amide bonds. The first-order chi connectivity index (χ1) is 10.5. The molecule has 0 spiro atoms. The largest absolute Gasteiger partial charge is 0.507 e. The minimum Gasteiger partial charge on any atom is -0.507 e. The quantitative estimate of drug-likeness (QED) is 0.657. The number of benzene rings is 2. The van der Waals surface area contributed by atoms with Crippen molar-refractivity contribution < 1.29 is 19.5 Å². The van der Waals surface area contributed by atoms with Gasteiger partial charge in [-0.3, -0.25) is 14.4 Å². The summed E-state index contributed by atoms with van der Waals surface area (Å²) < 4.78 is 0. The number of carbonyl (C=O) groups excluding carboxylic acids is 3. The van der Waals surface area contributed by atoms with Gasteiger partial charge in [-0.05, 0) is 24.6 Å². The first-order valence-electron chi connectivity index (χ1n) is 6.91. The number of carbonyl (C=O) groups is 3. The summed E-state index contributed by atoms with van der Waals surface area (Å²) in [6, 6.07) is 14.6. The van der Waals surface area contributed by atoms with Crippen molar-refractivity contribution in [2.75, 3.05) is 0 Å². The van der Waals surface area contributed by atoms with Gasteiger partial charge in [-0.25, -0.2) is 0 Å². The molecule has 1 N–H and O–H groups in total. The zero-order chi connectivity index (χ0) is 16.1. The fraction of sp³-hybridized carbons (Fsp3) is 0.167. The molecule has 112 valence electrons. The van der Waals surface area contributed by atoms with E-state index in [2.05, 4.69) is 0 Å². The molecule has 22 heavy (non-hydrogen) atoms. The predicted octanol–water partition coefficient (Wildman–Crippen LogP) is 2.91. The Labute approximate surface area is 128 Å². The lowest BCUT2D eigenvalue weighted by Gasteiger charge is -2.14. The summed E-state index contributed by atoms with van der Waals surface area (Å²) in [5, 5.41) is 9.72. The molecule has 4 heteroatoms. The highest BCUT2D eigenvalue weighted by molar-refractivity contribution is 6.46. The number of ketones is 3. The molecular weight excluding hydrogens is 280 g/mol. The van der Waals surface area contributed by atoms with E-state index >= 15 is 0 Å². The van der Waals surface area contributed by atoms with Gasteiger partial charge in [0.15, 0.2) is 0 Å². The number of para-hydroxylation sites is 1. The lowest BCUT2D eigenvalue weighted by atomic mass is 9.86. The summed E-state index contributed by atoms with van der Waals surface area (Å²) in [6.07, 6.45) is -0.0395. The molecule has 0 bridgehead atoms. The highest BCUT2D eigenvalue weighted by Crippen LogP contribution is 2.25. The van der Waals surface area contributed by atoms with E-state index in [9.17, 15) is 19.5 Å². The molecule has 2 rings (SSSR count). The van der Waals surface area contributed by atoms with Crippen LogP contribution in [-0.2, 0) is 9.59 Å². The average Bonchev–Trinajstić information content (AvgIpc) is 2.52. The first kappa shape index (κ1) is 15.6. The van der Waals surface area contributed by atoms with Crippen LogP contribution in [0.5, 0.6) is 5.75 Å². The average molecular weight is 296 g/mol. The molecule has 0 radical (unpaired) electrons. The van der Waals surface area contributed by atoms with Crippen molar-refractivity contribution in [1.82, 2.24) is 0 Å². The van der Waals surface area contributed by atoms with Gasteiger partial charge in [0.2, 0.25) is 11.6 Å². The van der Waals surface area contributed by atoms with Crippen molar-refractivity contribution in [2.45, 2.75) is 19.3 Å². The third-order valence-electron chi connectivity index (χ3n) is 3.38. The van der Waals surface area contributed by atoms with E-state index in [1.165, 1.54) is 19.1 Å². The molecule has 1 unspecified atom stereocenters. The number of Topliss-reactive ketones (excluding diaryl/α,β-unsaturated/α-hetero) is 3. The second-order valence-electron chi connectivity index (χ2n) is 5.08. The number of hydrogen-bond donors (Lipinski definition) is 1. The molecule has 0 aromatic heterocycles. The van der Waals surface area contributed by atoms with Crippen molar-refractivity contribution in [3.05, 3.63) is 65.7 Å². The summed E-state index contributed by atoms with van der Waals surface area (Å²) in [5.74, 6) is -2.72. The van der Waals surface area contributed by atoms with E-state index in [1.54, 1.807) is 42.5 Å². The fourth-order valence-corrected chi connectivity index (χ4v) is 2.29. The highest BCUT2D eigenvalue weighted by atomic mass is 16.3. The summed E-state index contributed by atoms with van der Waals surface area (Å²) in [5.41, 5.74) is 0.573. The van der Waals surface area contributed by atoms with Gasteiger partial charge in [-0.15, -0.1) is 0 Å². The summed E-state index contributed by atoms with van der Waals surface area (Å²) >= 11 is 0. The predicted molar refractivity (Wildman–Crippen MR) is 81.9 cm³/mol. The molecule has 0 saturated heterocycles. The summed E-state index contributed by atoms with van der Waals surface area (Å²) in [6.45, 7) is 1.38. The van der Waals surface area contributed by atoms with Crippen LogP contribution in [0.2, 0.25) is 0 Å². The normalized spacial score (nSPS) is 11.7. The molecule has 0 fully saturated rings. The van der Waals surface area contributed by atoms with Gasteiger partial charge in [0.05, 0.1) is 11.5 Å². The number of aromatic hydroxyl groups is 1. The molecule has 1 atom stereocenters. The first-order valence-corrected chi connectivity index (χ1v) is 6.91. The van der Waals surface area contributed by atoms with Crippen molar-refractivity contribution in [3.8, 4) is 5.75 Å². The monoisotopic (exact) mass is 296 g/mol. The van der Waals surface area contributed by atoms with Crippen molar-refractivity contribution in [1.29, 1.82) is 0 Å². The van der Waals surface area contributed by atoms with Crippen LogP contribution in [0.4, 0.5) is 0 Å². The van der Waals surface area contributed by atoms with E-state index in [0.29, 0.717) is 5.56 Å². The van der Waals surface area contributed by atoms with Gasteiger partial charge < -0.3 is 5.11 Å². The molecule has 0 heterocycles. The van der Waals surface area contributed by atoms with Crippen LogP contribution in [0, 0.1) is 0 Å². The third kappa shape index (κ3) is 3.47. The van der Waals surface area contributed by atoms with Gasteiger partial charge in [-0.2, -0.15) is 0 Å². The second-order valence-corrected chi connectivity index (χ2v) is 5.08. The summed E-state index contributed by atoms with van der Waals surface area (Å²) in [7, 11) is 0. The van der Waals surface area contributed by atoms with Gasteiger partial charge in [0.25, 0.3) is 0 Å². The Balaban J connectivity index is 2.36. The Hall–Kier alpha value is -2.75. The molecule has 2 aromatic rings. The van der Waals surface area contributed by atoms with Crippen molar-refractivity contribution in [2.24, 2.45) is 0 Å². The number of phenolic OH excluding ortho intramolecular Hbond substituents is 1. The van der Waals surface area contributed by atoms with E-state index in [-0.39, 0.29) is 23.5 Å². The van der Waals surface area contributed by atoms with Crippen LogP contribution in [0.1, 0.15) is 35.2 Å². The fourth-order valence-electron chi connectivity index (χ4n) is 2.29. The minimum atomic E-state index is -0.828. The maximum absolute atomic E-state index is 12.5. The Morgan fingerprint density at radius 3 is 2.14 bits per heavy atom. The standard InChI is InChI=1S/C18H16O4/c1-12(19)11-15(13-7-3-2-4-8-13)18(22)17(21)14-9-5-6-10-16(14)20/h2-10,15,20H,11H2,1H3. The van der Waals surface area contributed by atoms with Crippen molar-refractivity contribution in [3.63, 3.8) is 0 Å². The number of rotatable bonds is 6. The lowest BCUT2D eigenvalue weighted by Crippen LogP contribution is -2.24. The van der Waals surface area contributed by atoms with Gasteiger partial charge in [0.1, 0.15) is 11.5 Å². The smallest absolute Gasteiger partial charge is 0.232 e. The Morgan fingerprint density at radius 2 is 1.55 bits per heavy atom. The molecule has 0 saturated carbocycles. The van der Waals surface area contributed by atoms with Crippen LogP contribution in [0.15, 0.2) is 54.6 Å². The minimum absolute atomic E-state index is 0.0395. The van der Waals surface area contributed by atoms with E-state index < -0.39 is 17.5 Å². The maximum Gasteiger partial charge on any atom is 0.232 e. The topological polar surface area (TPSA) is 71.4 Å². The van der Waals surface area contributed by atoms with E-state index in [4.69, 9.17) is 0 Å². The number of hydrogen-bond acceptors (Lipinski definition) is 4. The molecule has 0 aliphatic heterocycles. The van der Waals surface area contributed by atoms with Crippen LogP contribution in [0.3, 0.4) is 0 Å². The highest BCUT2D eigenvalue weighted by Gasteiger charge is 2.29. The van der Waals surface area contributed by atoms with E-state index in [0.717, 1.165) is 0 Å². The molecule has 4 nitrogen and oxygen atoms in total. The lowest BCUT2D eigenvalue weighted by molar-refractivity contribution is -0.122. The third-order valence-corrected chi connectivity index (χ3v) is 3.38. The SMILES string of the molecule is CC(=O)CC(C(=O)C(=O)c1ccccc1O)c1ccccc1. The molecule has 2 aromatic carbocycles. The molecule has 0 aliphatic rings.